The first-order chi connectivity index (χ1) is 7.24. The summed E-state index contributed by atoms with van der Waals surface area (Å²) in [5, 5.41) is 13.4. The molecule has 4 nitrogen and oxygen atoms in total. The van der Waals surface area contributed by atoms with E-state index < -0.39 is 0 Å². The van der Waals surface area contributed by atoms with Crippen LogP contribution in [0.4, 0.5) is 5.82 Å². The van der Waals surface area contributed by atoms with Crippen LogP contribution in [0.15, 0.2) is 0 Å². The number of nitrogen functional groups attached to an aromatic ring is 1. The molecule has 0 aliphatic heterocycles. The third-order valence-corrected chi connectivity index (χ3v) is 3.22. The van der Waals surface area contributed by atoms with E-state index in [2.05, 4.69) is 11.2 Å². The van der Waals surface area contributed by atoms with Crippen molar-refractivity contribution in [3.05, 3.63) is 11.3 Å². The molecule has 0 amide bonds. The summed E-state index contributed by atoms with van der Waals surface area (Å²) in [5.41, 5.74) is 7.30. The maximum Gasteiger partial charge on any atom is 0.139 e. The smallest absolute Gasteiger partial charge is 0.139 e. The second-order valence-corrected chi connectivity index (χ2v) is 4.22. The van der Waals surface area contributed by atoms with Crippen molar-refractivity contribution in [3.8, 4) is 6.07 Å². The van der Waals surface area contributed by atoms with Crippen LogP contribution in [-0.2, 0) is 7.05 Å². The summed E-state index contributed by atoms with van der Waals surface area (Å²) in [6, 6.07) is 2.17. The number of nitriles is 1. The lowest BCUT2D eigenvalue weighted by atomic mass is 9.86. The van der Waals surface area contributed by atoms with E-state index in [1.54, 1.807) is 11.7 Å². The fraction of sp³-hybridized carbons (Fsp3) is 0.636. The number of aryl methyl sites for hydroxylation is 1. The van der Waals surface area contributed by atoms with Crippen LogP contribution in [0.2, 0.25) is 0 Å². The Morgan fingerprint density at radius 2 is 2.00 bits per heavy atom. The van der Waals surface area contributed by atoms with E-state index in [9.17, 15) is 0 Å². The first-order valence-electron chi connectivity index (χ1n) is 5.46. The number of halogens is 1. The van der Waals surface area contributed by atoms with Crippen LogP contribution in [0, 0.1) is 11.3 Å². The minimum Gasteiger partial charge on any atom is -0.383 e. The average Bonchev–Trinajstić information content (AvgIpc) is 2.56. The molecule has 0 unspecified atom stereocenters. The van der Waals surface area contributed by atoms with Crippen LogP contribution in [0.5, 0.6) is 0 Å². The monoisotopic (exact) mass is 240 g/mol. The normalized spacial score (nSPS) is 16.5. The molecule has 1 heterocycles. The van der Waals surface area contributed by atoms with E-state index in [1.165, 1.54) is 19.3 Å². The SMILES string of the molecule is Cl.Cn1nc(C2CCCCC2)c(C#N)c1N. The van der Waals surface area contributed by atoms with Crippen LogP contribution >= 0.6 is 12.4 Å². The van der Waals surface area contributed by atoms with Gasteiger partial charge in [0.2, 0.25) is 0 Å². The molecule has 5 heteroatoms. The molecule has 1 aliphatic carbocycles. The summed E-state index contributed by atoms with van der Waals surface area (Å²) in [6.07, 6.45) is 6.08. The fourth-order valence-corrected chi connectivity index (χ4v) is 2.33. The molecule has 1 aliphatic rings. The predicted octanol–water partition coefficient (Wildman–Crippen LogP) is 2.34. The van der Waals surface area contributed by atoms with Gasteiger partial charge in [-0.2, -0.15) is 10.4 Å². The standard InChI is InChI=1S/C11H16N4.ClH/c1-15-11(13)9(7-12)10(14-15)8-5-3-2-4-6-8;/h8H,2-6,13H2,1H3;1H. The van der Waals surface area contributed by atoms with E-state index in [1.807, 2.05) is 0 Å². The van der Waals surface area contributed by atoms with Crippen LogP contribution in [0.1, 0.15) is 49.3 Å². The Balaban J connectivity index is 0.00000128. The molecular weight excluding hydrogens is 224 g/mol. The summed E-state index contributed by atoms with van der Waals surface area (Å²) < 4.78 is 1.61. The second kappa shape index (κ2) is 5.22. The number of hydrogen-bond acceptors (Lipinski definition) is 3. The lowest BCUT2D eigenvalue weighted by molar-refractivity contribution is 0.433. The highest BCUT2D eigenvalue weighted by atomic mass is 35.5. The van der Waals surface area contributed by atoms with Crippen molar-refractivity contribution in [3.63, 3.8) is 0 Å². The van der Waals surface area contributed by atoms with Crippen molar-refractivity contribution in [1.29, 1.82) is 5.26 Å². The summed E-state index contributed by atoms with van der Waals surface area (Å²) >= 11 is 0. The summed E-state index contributed by atoms with van der Waals surface area (Å²) in [4.78, 5) is 0. The zero-order valence-electron chi connectivity index (χ0n) is 9.44. The zero-order valence-corrected chi connectivity index (χ0v) is 10.3. The van der Waals surface area contributed by atoms with Gasteiger partial charge < -0.3 is 5.73 Å². The highest BCUT2D eigenvalue weighted by molar-refractivity contribution is 5.85. The largest absolute Gasteiger partial charge is 0.383 e. The Morgan fingerprint density at radius 1 is 1.38 bits per heavy atom. The van der Waals surface area contributed by atoms with Crippen molar-refractivity contribution in [2.45, 2.75) is 38.0 Å². The summed E-state index contributed by atoms with van der Waals surface area (Å²) in [5.74, 6) is 0.940. The van der Waals surface area contributed by atoms with E-state index in [0.29, 0.717) is 17.3 Å². The lowest BCUT2D eigenvalue weighted by Crippen LogP contribution is -2.07. The molecule has 1 aromatic rings. The van der Waals surface area contributed by atoms with E-state index in [4.69, 9.17) is 11.0 Å². The van der Waals surface area contributed by atoms with Crippen LogP contribution in [0.3, 0.4) is 0 Å². The van der Waals surface area contributed by atoms with Gasteiger partial charge in [-0.3, -0.25) is 4.68 Å². The average molecular weight is 241 g/mol. The van der Waals surface area contributed by atoms with Crippen molar-refractivity contribution >= 4 is 18.2 Å². The van der Waals surface area contributed by atoms with Gasteiger partial charge in [0.15, 0.2) is 0 Å². The van der Waals surface area contributed by atoms with Crippen molar-refractivity contribution in [1.82, 2.24) is 9.78 Å². The van der Waals surface area contributed by atoms with E-state index in [0.717, 1.165) is 18.5 Å². The van der Waals surface area contributed by atoms with Gasteiger partial charge in [-0.1, -0.05) is 19.3 Å². The van der Waals surface area contributed by atoms with Gasteiger partial charge in [-0.15, -0.1) is 12.4 Å². The maximum absolute atomic E-state index is 9.06. The number of nitrogens with two attached hydrogens (primary N) is 1. The molecule has 1 saturated carbocycles. The Kier molecular flexibility index (Phi) is 4.19. The topological polar surface area (TPSA) is 67.6 Å². The first-order valence-corrected chi connectivity index (χ1v) is 5.46. The second-order valence-electron chi connectivity index (χ2n) is 4.22. The molecule has 0 radical (unpaired) electrons. The quantitative estimate of drug-likeness (QED) is 0.819. The number of rotatable bonds is 1. The van der Waals surface area contributed by atoms with Gasteiger partial charge in [0.1, 0.15) is 17.5 Å². The number of aromatic nitrogens is 2. The maximum atomic E-state index is 9.06. The Bertz CT molecular complexity index is 399. The third-order valence-electron chi connectivity index (χ3n) is 3.22. The van der Waals surface area contributed by atoms with Crippen LogP contribution in [0.25, 0.3) is 0 Å². The number of nitrogens with zero attached hydrogens (tertiary/aromatic N) is 3. The van der Waals surface area contributed by atoms with E-state index >= 15 is 0 Å². The van der Waals surface area contributed by atoms with Crippen molar-refractivity contribution in [2.75, 3.05) is 5.73 Å². The summed E-state index contributed by atoms with van der Waals surface area (Å²) in [7, 11) is 1.79. The van der Waals surface area contributed by atoms with Gasteiger partial charge in [-0.25, -0.2) is 0 Å². The molecule has 1 fully saturated rings. The van der Waals surface area contributed by atoms with Gasteiger partial charge >= 0.3 is 0 Å². The van der Waals surface area contributed by atoms with Gasteiger partial charge in [0.25, 0.3) is 0 Å². The number of hydrogen-bond donors (Lipinski definition) is 1. The minimum absolute atomic E-state index is 0. The molecule has 88 valence electrons. The molecule has 16 heavy (non-hydrogen) atoms. The molecule has 2 rings (SSSR count). The Morgan fingerprint density at radius 3 is 2.56 bits per heavy atom. The van der Waals surface area contributed by atoms with Crippen molar-refractivity contribution < 1.29 is 0 Å². The Hall–Kier alpha value is -1.21. The summed E-state index contributed by atoms with van der Waals surface area (Å²) in [6.45, 7) is 0. The predicted molar refractivity (Wildman–Crippen MR) is 65.4 cm³/mol. The van der Waals surface area contributed by atoms with Crippen LogP contribution in [-0.4, -0.2) is 9.78 Å². The molecule has 0 atom stereocenters. The molecule has 0 aromatic carbocycles. The highest BCUT2D eigenvalue weighted by Gasteiger charge is 2.23. The molecule has 0 spiro atoms. The highest BCUT2D eigenvalue weighted by Crippen LogP contribution is 2.34. The molecule has 1 aromatic heterocycles. The third kappa shape index (κ3) is 2.14. The van der Waals surface area contributed by atoms with Gasteiger partial charge in [0, 0.05) is 13.0 Å². The lowest BCUT2D eigenvalue weighted by Gasteiger charge is -2.19. The molecule has 2 N–H and O–H groups in total. The molecular formula is C11H17ClN4. The zero-order chi connectivity index (χ0) is 10.8. The molecule has 0 saturated heterocycles. The molecule has 0 bridgehead atoms. The fourth-order valence-electron chi connectivity index (χ4n) is 2.33. The minimum atomic E-state index is 0. The van der Waals surface area contributed by atoms with Gasteiger partial charge in [0.05, 0.1) is 5.69 Å². The van der Waals surface area contributed by atoms with Crippen molar-refractivity contribution in [2.24, 2.45) is 7.05 Å². The number of anilines is 1. The van der Waals surface area contributed by atoms with Gasteiger partial charge in [-0.05, 0) is 12.8 Å². The first kappa shape index (κ1) is 12.9. The van der Waals surface area contributed by atoms with Crippen LogP contribution < -0.4 is 5.73 Å². The van der Waals surface area contributed by atoms with E-state index in [-0.39, 0.29) is 12.4 Å². The Labute approximate surface area is 102 Å².